The van der Waals surface area contributed by atoms with Crippen LogP contribution in [0.4, 0.5) is 11.4 Å². The molecule has 98 valence electrons. The number of nitro benzene ring substituents is 1. The molecule has 6 nitrogen and oxygen atoms in total. The van der Waals surface area contributed by atoms with Gasteiger partial charge in [0.05, 0.1) is 10.6 Å². The van der Waals surface area contributed by atoms with Gasteiger partial charge < -0.3 is 0 Å². The average molecular weight is 316 g/mol. The Morgan fingerprint density at radius 1 is 1.39 bits per heavy atom. The number of halogens is 1. The van der Waals surface area contributed by atoms with E-state index in [-0.39, 0.29) is 11.6 Å². The van der Waals surface area contributed by atoms with Crippen LogP contribution in [0.5, 0.6) is 0 Å². The summed E-state index contributed by atoms with van der Waals surface area (Å²) in [4.78, 5) is 21.7. The summed E-state index contributed by atoms with van der Waals surface area (Å²) in [5.74, 6) is -0.173. The molecule has 1 aromatic carbocycles. The highest BCUT2D eigenvalue weighted by atomic mass is 79.9. The Labute approximate surface area is 113 Å². The molecule has 1 amide bonds. The Hall–Kier alpha value is -1.63. The number of nitrogens with one attached hydrogen (secondary N) is 2. The number of nitro groups is 1. The predicted molar refractivity (Wildman–Crippen MR) is 72.0 cm³/mol. The van der Waals surface area contributed by atoms with Gasteiger partial charge in [-0.1, -0.05) is 20.8 Å². The van der Waals surface area contributed by atoms with Gasteiger partial charge in [-0.25, -0.2) is 0 Å². The standard InChI is InChI=1S/C11H14BrN3O3/c1-11(2,3)10(16)14-13-9-5-4-7(15(17)18)6-8(9)12/h4-6,13H,1-3H3,(H,14,16). The number of carbonyl (C=O) groups is 1. The van der Waals surface area contributed by atoms with Crippen molar-refractivity contribution in [2.75, 3.05) is 5.43 Å². The topological polar surface area (TPSA) is 84.3 Å². The molecule has 18 heavy (non-hydrogen) atoms. The molecule has 0 radical (unpaired) electrons. The minimum Gasteiger partial charge on any atom is -0.297 e. The van der Waals surface area contributed by atoms with Crippen molar-refractivity contribution in [1.29, 1.82) is 0 Å². The molecule has 0 aliphatic rings. The lowest BCUT2D eigenvalue weighted by Crippen LogP contribution is -2.38. The minimum absolute atomic E-state index is 0.0189. The first kappa shape index (κ1) is 14.4. The number of non-ortho nitro benzene ring substituents is 1. The summed E-state index contributed by atoms with van der Waals surface area (Å²) in [5.41, 5.74) is 5.28. The maximum atomic E-state index is 11.6. The van der Waals surface area contributed by atoms with Crippen LogP contribution in [0.3, 0.4) is 0 Å². The van der Waals surface area contributed by atoms with Crippen molar-refractivity contribution in [3.8, 4) is 0 Å². The summed E-state index contributed by atoms with van der Waals surface area (Å²) in [6.45, 7) is 5.36. The van der Waals surface area contributed by atoms with Crippen LogP contribution in [0.25, 0.3) is 0 Å². The minimum atomic E-state index is -0.514. The summed E-state index contributed by atoms with van der Waals surface area (Å²) >= 11 is 3.20. The highest BCUT2D eigenvalue weighted by Crippen LogP contribution is 2.26. The molecule has 0 spiro atoms. The number of anilines is 1. The second-order valence-corrected chi connectivity index (χ2v) is 5.60. The van der Waals surface area contributed by atoms with Crippen molar-refractivity contribution in [1.82, 2.24) is 5.43 Å². The Bertz CT molecular complexity index is 483. The molecule has 0 heterocycles. The second-order valence-electron chi connectivity index (χ2n) is 4.75. The number of amides is 1. The van der Waals surface area contributed by atoms with Crippen molar-refractivity contribution < 1.29 is 9.72 Å². The molecule has 0 saturated carbocycles. The molecule has 0 aliphatic carbocycles. The maximum Gasteiger partial charge on any atom is 0.270 e. The molecule has 0 atom stereocenters. The molecule has 0 aliphatic heterocycles. The zero-order valence-corrected chi connectivity index (χ0v) is 11.9. The summed E-state index contributed by atoms with van der Waals surface area (Å²) in [5, 5.41) is 10.6. The van der Waals surface area contributed by atoms with Crippen LogP contribution in [0.1, 0.15) is 20.8 Å². The number of nitrogens with zero attached hydrogens (tertiary/aromatic N) is 1. The summed E-state index contributed by atoms with van der Waals surface area (Å²) < 4.78 is 0.505. The van der Waals surface area contributed by atoms with Crippen molar-refractivity contribution in [2.45, 2.75) is 20.8 Å². The van der Waals surface area contributed by atoms with E-state index in [0.717, 1.165) is 0 Å². The van der Waals surface area contributed by atoms with E-state index in [1.54, 1.807) is 20.8 Å². The molecule has 1 rings (SSSR count). The fraction of sp³-hybridized carbons (Fsp3) is 0.364. The summed E-state index contributed by atoms with van der Waals surface area (Å²) in [6, 6.07) is 4.24. The van der Waals surface area contributed by atoms with E-state index < -0.39 is 10.3 Å². The van der Waals surface area contributed by atoms with Gasteiger partial charge in [0.1, 0.15) is 0 Å². The van der Waals surface area contributed by atoms with Crippen LogP contribution in [0.2, 0.25) is 0 Å². The van der Waals surface area contributed by atoms with Crippen LogP contribution < -0.4 is 10.9 Å². The lowest BCUT2D eigenvalue weighted by Gasteiger charge is -2.18. The zero-order valence-electron chi connectivity index (χ0n) is 10.3. The van der Waals surface area contributed by atoms with Gasteiger partial charge in [-0.2, -0.15) is 0 Å². The van der Waals surface area contributed by atoms with E-state index in [9.17, 15) is 14.9 Å². The summed E-state index contributed by atoms with van der Waals surface area (Å²) in [6.07, 6.45) is 0. The van der Waals surface area contributed by atoms with Gasteiger partial charge in [0.25, 0.3) is 5.69 Å². The van der Waals surface area contributed by atoms with Crippen molar-refractivity contribution in [2.24, 2.45) is 5.41 Å². The molecular weight excluding hydrogens is 302 g/mol. The fourth-order valence-electron chi connectivity index (χ4n) is 1.03. The lowest BCUT2D eigenvalue weighted by atomic mass is 9.96. The monoisotopic (exact) mass is 315 g/mol. The van der Waals surface area contributed by atoms with Crippen molar-refractivity contribution in [3.63, 3.8) is 0 Å². The Morgan fingerprint density at radius 2 is 2.00 bits per heavy atom. The molecule has 0 aromatic heterocycles. The van der Waals surface area contributed by atoms with Crippen molar-refractivity contribution >= 4 is 33.2 Å². The highest BCUT2D eigenvalue weighted by molar-refractivity contribution is 9.10. The summed E-state index contributed by atoms with van der Waals surface area (Å²) in [7, 11) is 0. The van der Waals surface area contributed by atoms with Crippen LogP contribution in [0, 0.1) is 15.5 Å². The van der Waals surface area contributed by atoms with E-state index in [1.165, 1.54) is 18.2 Å². The lowest BCUT2D eigenvalue weighted by molar-refractivity contribution is -0.384. The number of hydrogen-bond acceptors (Lipinski definition) is 4. The number of rotatable bonds is 3. The molecule has 1 aromatic rings. The third-order valence-electron chi connectivity index (χ3n) is 2.16. The van der Waals surface area contributed by atoms with Gasteiger partial charge >= 0.3 is 0 Å². The van der Waals surface area contributed by atoms with Crippen LogP contribution in [-0.2, 0) is 4.79 Å². The average Bonchev–Trinajstić information content (AvgIpc) is 2.25. The smallest absolute Gasteiger partial charge is 0.270 e. The Kier molecular flexibility index (Phi) is 4.28. The normalized spacial score (nSPS) is 10.9. The molecule has 2 N–H and O–H groups in total. The highest BCUT2D eigenvalue weighted by Gasteiger charge is 2.21. The zero-order chi connectivity index (χ0) is 13.9. The number of hydrogen-bond donors (Lipinski definition) is 2. The number of hydrazine groups is 1. The quantitative estimate of drug-likeness (QED) is 0.663. The largest absolute Gasteiger partial charge is 0.297 e. The van der Waals surface area contributed by atoms with Gasteiger partial charge in [-0.05, 0) is 22.0 Å². The van der Waals surface area contributed by atoms with Gasteiger partial charge in [0.15, 0.2) is 0 Å². The number of benzene rings is 1. The van der Waals surface area contributed by atoms with E-state index in [1.807, 2.05) is 0 Å². The molecule has 0 unspecified atom stereocenters. The van der Waals surface area contributed by atoms with E-state index in [4.69, 9.17) is 0 Å². The molecule has 0 saturated heterocycles. The van der Waals surface area contributed by atoms with Crippen LogP contribution >= 0.6 is 15.9 Å². The molecule has 0 fully saturated rings. The van der Waals surface area contributed by atoms with E-state index in [2.05, 4.69) is 26.8 Å². The first-order valence-corrected chi connectivity index (χ1v) is 6.01. The van der Waals surface area contributed by atoms with E-state index >= 15 is 0 Å². The van der Waals surface area contributed by atoms with Gasteiger partial charge in [0.2, 0.25) is 5.91 Å². The third-order valence-corrected chi connectivity index (χ3v) is 2.81. The SMILES string of the molecule is CC(C)(C)C(=O)NNc1ccc([N+](=O)[O-])cc1Br. The Morgan fingerprint density at radius 3 is 2.44 bits per heavy atom. The van der Waals surface area contributed by atoms with Gasteiger partial charge in [0, 0.05) is 22.0 Å². The fourth-order valence-corrected chi connectivity index (χ4v) is 1.50. The van der Waals surface area contributed by atoms with E-state index in [0.29, 0.717) is 10.2 Å². The Balaban J connectivity index is 2.75. The molecule has 0 bridgehead atoms. The van der Waals surface area contributed by atoms with Crippen molar-refractivity contribution in [3.05, 3.63) is 32.8 Å². The van der Waals surface area contributed by atoms with Gasteiger partial charge in [-0.3, -0.25) is 25.8 Å². The van der Waals surface area contributed by atoms with Gasteiger partial charge in [-0.15, -0.1) is 0 Å². The predicted octanol–water partition coefficient (Wildman–Crippen LogP) is 2.85. The molecule has 7 heteroatoms. The van der Waals surface area contributed by atoms with Crippen LogP contribution in [-0.4, -0.2) is 10.8 Å². The molecular formula is C11H14BrN3O3. The second kappa shape index (κ2) is 5.34. The first-order valence-electron chi connectivity index (χ1n) is 5.22. The maximum absolute atomic E-state index is 11.6. The first-order chi connectivity index (χ1) is 8.21. The number of carbonyl (C=O) groups excluding carboxylic acids is 1. The third kappa shape index (κ3) is 3.69. The van der Waals surface area contributed by atoms with Crippen LogP contribution in [0.15, 0.2) is 22.7 Å².